The number of hydrogen-bond acceptors (Lipinski definition) is 4. The van der Waals surface area contributed by atoms with Gasteiger partial charge in [0.25, 0.3) is 0 Å². The number of benzene rings is 3. The first kappa shape index (κ1) is 14.9. The smallest absolute Gasteiger partial charge is 0.205 e. The minimum atomic E-state index is -0.261. The zero-order chi connectivity index (χ0) is 17.7. The van der Waals surface area contributed by atoms with E-state index in [4.69, 9.17) is 15.2 Å². The lowest BCUT2D eigenvalue weighted by molar-refractivity contribution is 0.356. The molecule has 0 radical (unpaired) electrons. The number of rotatable bonds is 1. The fourth-order valence-electron chi connectivity index (χ4n) is 3.89. The zero-order valence-corrected chi connectivity index (χ0v) is 14.0. The molecule has 2 aliphatic heterocycles. The van der Waals surface area contributed by atoms with Crippen molar-refractivity contribution in [2.24, 2.45) is 5.73 Å². The average Bonchev–Trinajstić information content (AvgIpc) is 3.14. The fourth-order valence-corrected chi connectivity index (χ4v) is 3.89. The Morgan fingerprint density at radius 1 is 1.08 bits per heavy atom. The predicted molar refractivity (Wildman–Crippen MR) is 98.9 cm³/mol. The highest BCUT2D eigenvalue weighted by molar-refractivity contribution is 5.90. The molecule has 0 spiro atoms. The van der Waals surface area contributed by atoms with E-state index < -0.39 is 0 Å². The summed E-state index contributed by atoms with van der Waals surface area (Å²) in [5.41, 5.74) is 9.72. The van der Waals surface area contributed by atoms with Gasteiger partial charge in [0.05, 0.1) is 12.5 Å². The van der Waals surface area contributed by atoms with Crippen molar-refractivity contribution in [3.63, 3.8) is 0 Å². The molecule has 4 heteroatoms. The molecule has 3 aromatic carbocycles. The molecule has 0 bridgehead atoms. The Labute approximate surface area is 151 Å². The summed E-state index contributed by atoms with van der Waals surface area (Å²) in [6, 6.07) is 20.5. The lowest BCUT2D eigenvalue weighted by Crippen LogP contribution is -2.21. The van der Waals surface area contributed by atoms with Crippen molar-refractivity contribution in [3.05, 3.63) is 82.7 Å². The summed E-state index contributed by atoms with van der Waals surface area (Å²) >= 11 is 0. The number of allylic oxidation sites excluding steroid dienone is 1. The van der Waals surface area contributed by atoms with Crippen LogP contribution in [0.4, 0.5) is 0 Å². The van der Waals surface area contributed by atoms with Gasteiger partial charge in [-0.3, -0.25) is 0 Å². The zero-order valence-electron chi connectivity index (χ0n) is 14.0. The summed E-state index contributed by atoms with van der Waals surface area (Å²) in [5.74, 6) is 1.53. The van der Waals surface area contributed by atoms with E-state index in [2.05, 4.69) is 24.3 Å². The van der Waals surface area contributed by atoms with Crippen LogP contribution in [0.25, 0.3) is 10.8 Å². The highest BCUT2D eigenvalue weighted by Crippen LogP contribution is 2.46. The van der Waals surface area contributed by atoms with Crippen molar-refractivity contribution in [2.45, 2.75) is 12.3 Å². The number of fused-ring (bicyclic) bond motifs is 4. The van der Waals surface area contributed by atoms with Crippen LogP contribution in [0, 0.1) is 11.3 Å². The summed E-state index contributed by atoms with van der Waals surface area (Å²) in [6.45, 7) is 0.705. The molecule has 0 aliphatic carbocycles. The maximum absolute atomic E-state index is 9.73. The summed E-state index contributed by atoms with van der Waals surface area (Å²) in [7, 11) is 0. The average molecular weight is 340 g/mol. The second-order valence-electron chi connectivity index (χ2n) is 6.60. The molecule has 1 atom stereocenters. The van der Waals surface area contributed by atoms with Gasteiger partial charge < -0.3 is 15.2 Å². The van der Waals surface area contributed by atoms with E-state index in [0.29, 0.717) is 12.2 Å². The van der Waals surface area contributed by atoms with Gasteiger partial charge in [0.2, 0.25) is 5.88 Å². The number of ether oxygens (including phenoxy) is 2. The van der Waals surface area contributed by atoms with Crippen LogP contribution in [-0.2, 0) is 6.42 Å². The van der Waals surface area contributed by atoms with Crippen LogP contribution in [0.1, 0.15) is 22.6 Å². The minimum Gasteiger partial charge on any atom is -0.493 e. The standard InChI is InChI=1S/C22H16N2O2/c23-12-18-20(15-6-5-14-9-10-25-19(14)11-15)17-8-7-13-3-1-2-4-16(13)21(17)26-22(18)24/h1-8,11,20H,9-10,24H2. The molecule has 0 amide bonds. The van der Waals surface area contributed by atoms with Gasteiger partial charge in [0.15, 0.2) is 0 Å². The van der Waals surface area contributed by atoms with Gasteiger partial charge in [-0.15, -0.1) is 0 Å². The summed E-state index contributed by atoms with van der Waals surface area (Å²) in [5, 5.41) is 11.8. The molecule has 2 aliphatic rings. The van der Waals surface area contributed by atoms with Crippen LogP contribution in [-0.4, -0.2) is 6.61 Å². The highest BCUT2D eigenvalue weighted by Gasteiger charge is 2.32. The lowest BCUT2D eigenvalue weighted by atomic mass is 9.82. The first-order valence-corrected chi connectivity index (χ1v) is 8.61. The molecule has 0 aromatic heterocycles. The van der Waals surface area contributed by atoms with Crippen molar-refractivity contribution in [2.75, 3.05) is 6.61 Å². The third-order valence-electron chi connectivity index (χ3n) is 5.16. The molecule has 5 rings (SSSR count). The molecule has 1 unspecified atom stereocenters. The second kappa shape index (κ2) is 5.53. The Bertz CT molecular complexity index is 1120. The fraction of sp³-hybridized carbons (Fsp3) is 0.136. The quantitative estimate of drug-likeness (QED) is 0.727. The van der Waals surface area contributed by atoms with Gasteiger partial charge in [0, 0.05) is 17.4 Å². The SMILES string of the molecule is N#CC1=C(N)Oc2c(ccc3ccccc23)C1c1ccc2c(c1)OCC2. The van der Waals surface area contributed by atoms with Crippen LogP contribution >= 0.6 is 0 Å². The summed E-state index contributed by atoms with van der Waals surface area (Å²) < 4.78 is 11.6. The first-order valence-electron chi connectivity index (χ1n) is 8.61. The molecule has 0 saturated carbocycles. The minimum absolute atomic E-state index is 0.169. The van der Waals surface area contributed by atoms with Gasteiger partial charge in [-0.1, -0.05) is 48.5 Å². The molecule has 4 nitrogen and oxygen atoms in total. The molecule has 2 N–H and O–H groups in total. The third kappa shape index (κ3) is 2.07. The Hall–Kier alpha value is -3.45. The van der Waals surface area contributed by atoms with E-state index in [0.717, 1.165) is 39.8 Å². The lowest BCUT2D eigenvalue weighted by Gasteiger charge is -2.27. The van der Waals surface area contributed by atoms with Crippen LogP contribution in [0.2, 0.25) is 0 Å². The summed E-state index contributed by atoms with van der Waals surface area (Å²) in [4.78, 5) is 0. The normalized spacial score (nSPS) is 17.9. The Morgan fingerprint density at radius 3 is 2.85 bits per heavy atom. The maximum Gasteiger partial charge on any atom is 0.205 e. The van der Waals surface area contributed by atoms with Gasteiger partial charge in [-0.05, 0) is 22.6 Å². The topological polar surface area (TPSA) is 68.3 Å². The summed E-state index contributed by atoms with van der Waals surface area (Å²) in [6.07, 6.45) is 0.924. The highest BCUT2D eigenvalue weighted by atomic mass is 16.5. The van der Waals surface area contributed by atoms with Crippen molar-refractivity contribution in [1.82, 2.24) is 0 Å². The van der Waals surface area contributed by atoms with Crippen LogP contribution in [0.15, 0.2) is 66.1 Å². The van der Waals surface area contributed by atoms with Gasteiger partial charge >= 0.3 is 0 Å². The van der Waals surface area contributed by atoms with Gasteiger partial charge in [0.1, 0.15) is 23.1 Å². The van der Waals surface area contributed by atoms with Crippen molar-refractivity contribution in [3.8, 4) is 17.6 Å². The van der Waals surface area contributed by atoms with E-state index in [1.54, 1.807) is 0 Å². The largest absolute Gasteiger partial charge is 0.493 e. The number of nitrogens with zero attached hydrogens (tertiary/aromatic N) is 1. The molecule has 126 valence electrons. The van der Waals surface area contributed by atoms with Crippen molar-refractivity contribution in [1.29, 1.82) is 5.26 Å². The molecule has 3 aromatic rings. The number of nitriles is 1. The van der Waals surface area contributed by atoms with E-state index in [1.165, 1.54) is 5.56 Å². The Balaban J connectivity index is 1.76. The van der Waals surface area contributed by atoms with Crippen LogP contribution in [0.5, 0.6) is 11.5 Å². The first-order chi connectivity index (χ1) is 12.8. The van der Waals surface area contributed by atoms with Crippen LogP contribution in [0.3, 0.4) is 0 Å². The predicted octanol–water partition coefficient (Wildman–Crippen LogP) is 3.99. The molecule has 0 saturated heterocycles. The van der Waals surface area contributed by atoms with Crippen LogP contribution < -0.4 is 15.2 Å². The second-order valence-corrected chi connectivity index (χ2v) is 6.60. The monoisotopic (exact) mass is 340 g/mol. The molecule has 2 heterocycles. The van der Waals surface area contributed by atoms with Gasteiger partial charge in [-0.25, -0.2) is 0 Å². The molecule has 0 fully saturated rings. The Morgan fingerprint density at radius 2 is 1.96 bits per heavy atom. The van der Waals surface area contributed by atoms with E-state index >= 15 is 0 Å². The van der Waals surface area contributed by atoms with E-state index in [9.17, 15) is 5.26 Å². The van der Waals surface area contributed by atoms with Gasteiger partial charge in [-0.2, -0.15) is 5.26 Å². The third-order valence-corrected chi connectivity index (χ3v) is 5.16. The number of nitrogens with two attached hydrogens (primary N) is 1. The van der Waals surface area contributed by atoms with E-state index in [-0.39, 0.29) is 11.8 Å². The molecule has 26 heavy (non-hydrogen) atoms. The molecular weight excluding hydrogens is 324 g/mol. The Kier molecular flexibility index (Phi) is 3.16. The van der Waals surface area contributed by atoms with Crippen molar-refractivity contribution >= 4 is 10.8 Å². The van der Waals surface area contributed by atoms with E-state index in [1.807, 2.05) is 36.4 Å². The molecular formula is C22H16N2O2. The van der Waals surface area contributed by atoms with Crippen molar-refractivity contribution < 1.29 is 9.47 Å². The number of hydrogen-bond donors (Lipinski definition) is 1. The maximum atomic E-state index is 9.73.